The Labute approximate surface area is 74.2 Å². The lowest BCUT2D eigenvalue weighted by Gasteiger charge is -1.88. The highest BCUT2D eigenvalue weighted by Gasteiger charge is 1.74. The van der Waals surface area contributed by atoms with Crippen LogP contribution >= 0.6 is 0 Å². The zero-order valence-electron chi connectivity index (χ0n) is 7.53. The van der Waals surface area contributed by atoms with Crippen molar-refractivity contribution in [3.63, 3.8) is 0 Å². The molecule has 0 atom stereocenters. The Kier molecular flexibility index (Phi) is 9.41. The second-order valence-electron chi connectivity index (χ2n) is 2.42. The molecule has 1 aromatic carbocycles. The first-order valence-corrected chi connectivity index (χ1v) is 4.28. The molecule has 0 saturated heterocycles. The number of rotatable bonds is 3. The van der Waals surface area contributed by atoms with Gasteiger partial charge in [-0.05, 0) is 6.42 Å². The Bertz CT molecular complexity index is 122. The van der Waals surface area contributed by atoms with Crippen LogP contribution in [-0.2, 0) is 0 Å². The van der Waals surface area contributed by atoms with Crippen LogP contribution in [-0.4, -0.2) is 11.8 Å². The van der Waals surface area contributed by atoms with Crippen molar-refractivity contribution in [1.82, 2.24) is 5.48 Å². The zero-order chi connectivity index (χ0) is 9.07. The van der Waals surface area contributed by atoms with E-state index < -0.39 is 0 Å². The third-order valence-corrected chi connectivity index (χ3v) is 1.31. The second kappa shape index (κ2) is 10.1. The summed E-state index contributed by atoms with van der Waals surface area (Å²) in [5, 5.41) is 7.95. The molecule has 1 rings (SSSR count). The fourth-order valence-corrected chi connectivity index (χ4v) is 0.641. The van der Waals surface area contributed by atoms with Crippen LogP contribution in [0.4, 0.5) is 0 Å². The molecule has 0 aliphatic rings. The molecule has 1 aromatic rings. The fraction of sp³-hybridized carbons (Fsp3) is 0.400. The fourth-order valence-electron chi connectivity index (χ4n) is 0.641. The van der Waals surface area contributed by atoms with E-state index in [2.05, 4.69) is 12.4 Å². The average Bonchev–Trinajstić information content (AvgIpc) is 2.18. The van der Waals surface area contributed by atoms with Gasteiger partial charge in [0.2, 0.25) is 0 Å². The molecule has 0 amide bonds. The molecule has 0 unspecified atom stereocenters. The van der Waals surface area contributed by atoms with Crippen molar-refractivity contribution in [2.24, 2.45) is 0 Å². The Hall–Kier alpha value is -0.860. The molecule has 0 heterocycles. The highest BCUT2D eigenvalue weighted by atomic mass is 16.5. The molecular formula is C10H17NO. The third-order valence-electron chi connectivity index (χ3n) is 1.31. The van der Waals surface area contributed by atoms with E-state index in [9.17, 15) is 0 Å². The van der Waals surface area contributed by atoms with Gasteiger partial charge in [-0.25, -0.2) is 5.48 Å². The minimum Gasteiger partial charge on any atom is -0.317 e. The lowest BCUT2D eigenvalue weighted by Crippen LogP contribution is -2.07. The lowest BCUT2D eigenvalue weighted by atomic mass is 10.3. The number of nitrogens with one attached hydrogen (secondary N) is 1. The van der Waals surface area contributed by atoms with Gasteiger partial charge in [-0.1, -0.05) is 49.7 Å². The van der Waals surface area contributed by atoms with Gasteiger partial charge in [0.1, 0.15) is 0 Å². The summed E-state index contributed by atoms with van der Waals surface area (Å²) in [6.45, 7) is 2.80. The predicted octanol–water partition coefficient (Wildman–Crippen LogP) is 2.45. The van der Waals surface area contributed by atoms with Crippen molar-refractivity contribution in [1.29, 1.82) is 0 Å². The SMILES string of the molecule is CCCCNO.c1ccccc1. The summed E-state index contributed by atoms with van der Waals surface area (Å²) >= 11 is 0. The van der Waals surface area contributed by atoms with Crippen LogP contribution in [0.2, 0.25) is 0 Å². The van der Waals surface area contributed by atoms with Gasteiger partial charge in [0, 0.05) is 6.54 Å². The third kappa shape index (κ3) is 9.14. The first kappa shape index (κ1) is 11.1. The summed E-state index contributed by atoms with van der Waals surface area (Å²) in [5.41, 5.74) is 2.07. The summed E-state index contributed by atoms with van der Waals surface area (Å²) in [6, 6.07) is 12.0. The maximum absolute atomic E-state index is 7.95. The number of hydrogen-bond donors (Lipinski definition) is 2. The molecule has 0 radical (unpaired) electrons. The zero-order valence-corrected chi connectivity index (χ0v) is 7.53. The molecule has 12 heavy (non-hydrogen) atoms. The van der Waals surface area contributed by atoms with Gasteiger partial charge in [0.25, 0.3) is 0 Å². The molecular weight excluding hydrogens is 150 g/mol. The lowest BCUT2D eigenvalue weighted by molar-refractivity contribution is 0.165. The monoisotopic (exact) mass is 167 g/mol. The van der Waals surface area contributed by atoms with Crippen LogP contribution < -0.4 is 5.48 Å². The predicted molar refractivity (Wildman–Crippen MR) is 51.1 cm³/mol. The van der Waals surface area contributed by atoms with Gasteiger partial charge in [0.15, 0.2) is 0 Å². The number of hydrogen-bond acceptors (Lipinski definition) is 2. The quantitative estimate of drug-likeness (QED) is 0.535. The smallest absolute Gasteiger partial charge is 0.0207 e. The van der Waals surface area contributed by atoms with Crippen molar-refractivity contribution in [2.45, 2.75) is 19.8 Å². The Morgan fingerprint density at radius 1 is 1.00 bits per heavy atom. The largest absolute Gasteiger partial charge is 0.317 e. The molecule has 0 fully saturated rings. The summed E-state index contributed by atoms with van der Waals surface area (Å²) in [7, 11) is 0. The molecule has 0 aromatic heterocycles. The van der Waals surface area contributed by atoms with E-state index in [1.54, 1.807) is 0 Å². The van der Waals surface area contributed by atoms with Crippen molar-refractivity contribution < 1.29 is 5.21 Å². The molecule has 0 bridgehead atoms. The van der Waals surface area contributed by atoms with Gasteiger partial charge in [0.05, 0.1) is 0 Å². The van der Waals surface area contributed by atoms with Gasteiger partial charge < -0.3 is 5.21 Å². The van der Waals surface area contributed by atoms with E-state index in [4.69, 9.17) is 5.21 Å². The summed E-state index contributed by atoms with van der Waals surface area (Å²) in [5.74, 6) is 0. The Morgan fingerprint density at radius 2 is 1.42 bits per heavy atom. The van der Waals surface area contributed by atoms with E-state index in [-0.39, 0.29) is 0 Å². The van der Waals surface area contributed by atoms with Crippen molar-refractivity contribution in [2.75, 3.05) is 6.54 Å². The van der Waals surface area contributed by atoms with Crippen LogP contribution in [0.1, 0.15) is 19.8 Å². The van der Waals surface area contributed by atoms with Crippen LogP contribution in [0.25, 0.3) is 0 Å². The van der Waals surface area contributed by atoms with Crippen LogP contribution in [0.15, 0.2) is 36.4 Å². The standard InChI is InChI=1S/C6H6.C4H11NO/c1-2-4-6-5-3-1;1-2-3-4-5-6/h1-6H;5-6H,2-4H2,1H3. The maximum atomic E-state index is 7.95. The average molecular weight is 167 g/mol. The van der Waals surface area contributed by atoms with Gasteiger partial charge in [-0.3, -0.25) is 0 Å². The van der Waals surface area contributed by atoms with Crippen LogP contribution in [0.3, 0.4) is 0 Å². The normalized spacial score (nSPS) is 8.50. The molecule has 0 saturated carbocycles. The first-order chi connectivity index (χ1) is 5.91. The Morgan fingerprint density at radius 3 is 1.58 bits per heavy atom. The molecule has 2 heteroatoms. The van der Waals surface area contributed by atoms with E-state index >= 15 is 0 Å². The number of unbranched alkanes of at least 4 members (excludes halogenated alkanes) is 1. The molecule has 0 spiro atoms. The molecule has 0 aliphatic heterocycles. The maximum Gasteiger partial charge on any atom is 0.0207 e. The van der Waals surface area contributed by atoms with E-state index in [0.717, 1.165) is 19.4 Å². The minimum absolute atomic E-state index is 0.719. The van der Waals surface area contributed by atoms with Gasteiger partial charge in [-0.15, -0.1) is 0 Å². The minimum atomic E-state index is 0.719. The van der Waals surface area contributed by atoms with Gasteiger partial charge in [-0.2, -0.15) is 0 Å². The summed E-state index contributed by atoms with van der Waals surface area (Å²) in [6.07, 6.45) is 2.18. The van der Waals surface area contributed by atoms with Crippen LogP contribution in [0, 0.1) is 0 Å². The van der Waals surface area contributed by atoms with Gasteiger partial charge >= 0.3 is 0 Å². The summed E-state index contributed by atoms with van der Waals surface area (Å²) < 4.78 is 0. The molecule has 2 N–H and O–H groups in total. The van der Waals surface area contributed by atoms with E-state index in [0.29, 0.717) is 0 Å². The van der Waals surface area contributed by atoms with E-state index in [1.165, 1.54) is 0 Å². The van der Waals surface area contributed by atoms with Crippen molar-refractivity contribution in [3.05, 3.63) is 36.4 Å². The second-order valence-corrected chi connectivity index (χ2v) is 2.42. The van der Waals surface area contributed by atoms with Crippen molar-refractivity contribution >= 4 is 0 Å². The number of hydroxylamine groups is 1. The molecule has 68 valence electrons. The highest BCUT2D eigenvalue weighted by molar-refractivity contribution is 4.99. The van der Waals surface area contributed by atoms with E-state index in [1.807, 2.05) is 36.4 Å². The van der Waals surface area contributed by atoms with Crippen LogP contribution in [0.5, 0.6) is 0 Å². The Balaban J connectivity index is 0.000000202. The first-order valence-electron chi connectivity index (χ1n) is 4.28. The summed E-state index contributed by atoms with van der Waals surface area (Å²) in [4.78, 5) is 0. The molecule has 0 aliphatic carbocycles. The number of benzene rings is 1. The highest BCUT2D eigenvalue weighted by Crippen LogP contribution is 1.80. The van der Waals surface area contributed by atoms with Crippen molar-refractivity contribution in [3.8, 4) is 0 Å². The topological polar surface area (TPSA) is 32.3 Å². The molecule has 2 nitrogen and oxygen atoms in total.